The molecule has 1 saturated heterocycles. The first kappa shape index (κ1) is 20.2. The van der Waals surface area contributed by atoms with Gasteiger partial charge >= 0.3 is 0 Å². The Morgan fingerprint density at radius 2 is 1.90 bits per heavy atom. The number of aliphatic imine (C=N–C) groups is 1. The molecule has 4 rings (SSSR count). The molecule has 6 heteroatoms. The Kier molecular flexibility index (Phi) is 6.09. The molecule has 2 aliphatic carbocycles. The van der Waals surface area contributed by atoms with Crippen LogP contribution in [0.3, 0.4) is 0 Å². The normalized spacial score (nSPS) is 27.4. The van der Waals surface area contributed by atoms with E-state index < -0.39 is 0 Å². The Morgan fingerprint density at radius 1 is 1.14 bits per heavy atom. The molecule has 1 amide bonds. The van der Waals surface area contributed by atoms with Crippen molar-refractivity contribution in [2.45, 2.75) is 57.2 Å². The summed E-state index contributed by atoms with van der Waals surface area (Å²) in [5, 5.41) is 7.32. The summed E-state index contributed by atoms with van der Waals surface area (Å²) < 4.78 is 0. The van der Waals surface area contributed by atoms with Gasteiger partial charge in [-0.15, -0.1) is 0 Å². The molecule has 0 aromatic heterocycles. The van der Waals surface area contributed by atoms with E-state index in [1.54, 1.807) is 19.0 Å². The van der Waals surface area contributed by atoms with Crippen molar-refractivity contribution in [1.82, 2.24) is 20.4 Å². The summed E-state index contributed by atoms with van der Waals surface area (Å²) in [6, 6.07) is 10.2. The number of hydrogen-bond acceptors (Lipinski definition) is 3. The van der Waals surface area contributed by atoms with Crippen LogP contribution in [0.25, 0.3) is 0 Å². The molecular weight excluding hydrogens is 362 g/mol. The van der Waals surface area contributed by atoms with Gasteiger partial charge in [-0.1, -0.05) is 31.2 Å². The van der Waals surface area contributed by atoms with Gasteiger partial charge in [-0.2, -0.15) is 0 Å². The molecule has 3 atom stereocenters. The predicted molar refractivity (Wildman–Crippen MR) is 117 cm³/mol. The van der Waals surface area contributed by atoms with Gasteiger partial charge in [-0.3, -0.25) is 9.69 Å². The summed E-state index contributed by atoms with van der Waals surface area (Å²) in [5.74, 6) is 1.40. The molecule has 158 valence electrons. The van der Waals surface area contributed by atoms with Crippen molar-refractivity contribution in [3.63, 3.8) is 0 Å². The molecular formula is C23H35N5O. The number of benzene rings is 1. The lowest BCUT2D eigenvalue weighted by molar-refractivity contribution is -0.127. The van der Waals surface area contributed by atoms with E-state index in [0.717, 1.165) is 44.4 Å². The van der Waals surface area contributed by atoms with Gasteiger partial charge in [0.05, 0.1) is 0 Å². The Bertz CT molecular complexity index is 757. The number of rotatable bonds is 5. The van der Waals surface area contributed by atoms with Crippen molar-refractivity contribution in [1.29, 1.82) is 0 Å². The second-order valence-electron chi connectivity index (χ2n) is 9.22. The number of fused-ring (bicyclic) bond motifs is 1. The second-order valence-corrected chi connectivity index (χ2v) is 9.22. The molecule has 1 heterocycles. The van der Waals surface area contributed by atoms with Gasteiger partial charge in [0.1, 0.15) is 6.54 Å². The number of nitrogens with one attached hydrogen (secondary N) is 2. The highest BCUT2D eigenvalue weighted by Gasteiger charge is 2.38. The van der Waals surface area contributed by atoms with Gasteiger partial charge < -0.3 is 15.5 Å². The Labute approximate surface area is 174 Å². The second kappa shape index (κ2) is 8.74. The number of carbonyl (C=O) groups excluding carboxylic acids is 1. The quantitative estimate of drug-likeness (QED) is 0.586. The van der Waals surface area contributed by atoms with Crippen LogP contribution in [-0.4, -0.2) is 73.5 Å². The van der Waals surface area contributed by atoms with Gasteiger partial charge in [-0.25, -0.2) is 4.99 Å². The zero-order chi connectivity index (χ0) is 20.4. The Hall–Kier alpha value is -2.08. The fourth-order valence-electron chi connectivity index (χ4n) is 4.54. The van der Waals surface area contributed by atoms with Crippen molar-refractivity contribution < 1.29 is 4.79 Å². The Balaban J connectivity index is 1.42. The van der Waals surface area contributed by atoms with Crippen molar-refractivity contribution in [2.75, 3.05) is 33.7 Å². The standard InChI is InChI=1S/C23H35N5O/c1-16-14-28(20-10-11-20)15-21(16)26-23(24-13-22(29)27(2)3)25-19-9-8-17-6-4-5-7-18(17)12-19/h4-7,16,19-21H,8-15H2,1-3H3,(H2,24,25,26). The number of amides is 1. The zero-order valence-electron chi connectivity index (χ0n) is 18.0. The average Bonchev–Trinajstić information content (AvgIpc) is 3.50. The molecule has 3 aliphatic rings. The van der Waals surface area contributed by atoms with Gasteiger partial charge in [0.25, 0.3) is 0 Å². The number of hydrogen-bond donors (Lipinski definition) is 2. The summed E-state index contributed by atoms with van der Waals surface area (Å²) >= 11 is 0. The van der Waals surface area contributed by atoms with Gasteiger partial charge in [-0.05, 0) is 49.1 Å². The topological polar surface area (TPSA) is 60.0 Å². The monoisotopic (exact) mass is 397 g/mol. The minimum absolute atomic E-state index is 0.0270. The van der Waals surface area contributed by atoms with Crippen molar-refractivity contribution in [3.05, 3.63) is 35.4 Å². The van der Waals surface area contributed by atoms with Crippen LogP contribution in [-0.2, 0) is 17.6 Å². The molecule has 0 spiro atoms. The van der Waals surface area contributed by atoms with E-state index in [-0.39, 0.29) is 12.5 Å². The van der Waals surface area contributed by atoms with E-state index in [9.17, 15) is 4.79 Å². The van der Waals surface area contributed by atoms with E-state index >= 15 is 0 Å². The van der Waals surface area contributed by atoms with Crippen LogP contribution in [0.2, 0.25) is 0 Å². The molecule has 0 bridgehead atoms. The largest absolute Gasteiger partial charge is 0.353 e. The minimum atomic E-state index is 0.0270. The first-order valence-corrected chi connectivity index (χ1v) is 11.1. The maximum atomic E-state index is 12.1. The van der Waals surface area contributed by atoms with Crippen LogP contribution >= 0.6 is 0 Å². The number of nitrogens with zero attached hydrogens (tertiary/aromatic N) is 3. The van der Waals surface area contributed by atoms with E-state index in [0.29, 0.717) is 18.0 Å². The van der Waals surface area contributed by atoms with Crippen molar-refractivity contribution >= 4 is 11.9 Å². The zero-order valence-corrected chi connectivity index (χ0v) is 18.0. The molecule has 2 fully saturated rings. The molecule has 29 heavy (non-hydrogen) atoms. The third-order valence-electron chi connectivity index (χ3n) is 6.58. The summed E-state index contributed by atoms with van der Waals surface area (Å²) in [7, 11) is 3.56. The molecule has 6 nitrogen and oxygen atoms in total. The van der Waals surface area contributed by atoms with Crippen LogP contribution in [0.15, 0.2) is 29.3 Å². The number of aryl methyl sites for hydroxylation is 1. The average molecular weight is 398 g/mol. The predicted octanol–water partition coefficient (Wildman–Crippen LogP) is 1.65. The number of likely N-dealkylation sites (N-methyl/N-ethyl adjacent to an activating group) is 1. The van der Waals surface area contributed by atoms with E-state index in [4.69, 9.17) is 0 Å². The van der Waals surface area contributed by atoms with Crippen molar-refractivity contribution in [3.8, 4) is 0 Å². The van der Waals surface area contributed by atoms with Crippen LogP contribution < -0.4 is 10.6 Å². The smallest absolute Gasteiger partial charge is 0.243 e. The highest BCUT2D eigenvalue weighted by atomic mass is 16.2. The summed E-state index contributed by atoms with van der Waals surface area (Å²) in [4.78, 5) is 21.0. The minimum Gasteiger partial charge on any atom is -0.353 e. The lowest BCUT2D eigenvalue weighted by atomic mass is 9.88. The van der Waals surface area contributed by atoms with E-state index in [2.05, 4.69) is 51.7 Å². The third kappa shape index (κ3) is 5.10. The number of likely N-dealkylation sites (tertiary alicyclic amines) is 1. The number of carbonyl (C=O) groups is 1. The molecule has 3 unspecified atom stereocenters. The summed E-state index contributed by atoms with van der Waals surface area (Å²) in [6.07, 6.45) is 5.88. The van der Waals surface area contributed by atoms with Crippen LogP contribution in [0.5, 0.6) is 0 Å². The first-order valence-electron chi connectivity index (χ1n) is 11.1. The van der Waals surface area contributed by atoms with Gasteiger partial charge in [0, 0.05) is 45.3 Å². The SMILES string of the molecule is CC1CN(C2CC2)CC1NC(=NCC(=O)N(C)C)NC1CCc2ccccc2C1. The fourth-order valence-corrected chi connectivity index (χ4v) is 4.54. The lowest BCUT2D eigenvalue weighted by Gasteiger charge is -2.29. The van der Waals surface area contributed by atoms with Gasteiger partial charge in [0.2, 0.25) is 5.91 Å². The highest BCUT2D eigenvalue weighted by Crippen LogP contribution is 2.31. The summed E-state index contributed by atoms with van der Waals surface area (Å²) in [5.41, 5.74) is 2.89. The highest BCUT2D eigenvalue weighted by molar-refractivity contribution is 5.85. The third-order valence-corrected chi connectivity index (χ3v) is 6.58. The van der Waals surface area contributed by atoms with Crippen LogP contribution in [0.4, 0.5) is 0 Å². The molecule has 1 saturated carbocycles. The molecule has 2 N–H and O–H groups in total. The van der Waals surface area contributed by atoms with Crippen LogP contribution in [0.1, 0.15) is 37.3 Å². The molecule has 1 aromatic rings. The van der Waals surface area contributed by atoms with Crippen LogP contribution in [0, 0.1) is 5.92 Å². The molecule has 1 aromatic carbocycles. The fraction of sp³-hybridized carbons (Fsp3) is 0.652. The van der Waals surface area contributed by atoms with E-state index in [1.807, 2.05) is 0 Å². The first-order chi connectivity index (χ1) is 14.0. The number of guanidine groups is 1. The summed E-state index contributed by atoms with van der Waals surface area (Å²) in [6.45, 7) is 4.73. The van der Waals surface area contributed by atoms with Gasteiger partial charge in [0.15, 0.2) is 5.96 Å². The Morgan fingerprint density at radius 3 is 2.62 bits per heavy atom. The van der Waals surface area contributed by atoms with Crippen molar-refractivity contribution in [2.24, 2.45) is 10.9 Å². The maximum absolute atomic E-state index is 12.1. The lowest BCUT2D eigenvalue weighted by Crippen LogP contribution is -2.51. The van der Waals surface area contributed by atoms with E-state index in [1.165, 1.54) is 24.0 Å². The molecule has 1 aliphatic heterocycles. The molecule has 0 radical (unpaired) electrons. The maximum Gasteiger partial charge on any atom is 0.243 e.